The van der Waals surface area contributed by atoms with Crippen LogP contribution in [0, 0.1) is 18.3 Å². The number of carbonyl (C=O) groups is 1. The highest BCUT2D eigenvalue weighted by atomic mass is 32.2. The zero-order valence-electron chi connectivity index (χ0n) is 12.1. The smallest absolute Gasteiger partial charge is 0.208 e. The van der Waals surface area contributed by atoms with E-state index in [2.05, 4.69) is 6.07 Å². The van der Waals surface area contributed by atoms with E-state index in [0.29, 0.717) is 11.3 Å². The number of ketones is 1. The fourth-order valence-corrected chi connectivity index (χ4v) is 4.29. The number of nitriles is 1. The van der Waals surface area contributed by atoms with Crippen LogP contribution in [0.3, 0.4) is 0 Å². The highest BCUT2D eigenvalue weighted by molar-refractivity contribution is 8.25. The normalized spacial score (nSPS) is 15.2. The van der Waals surface area contributed by atoms with E-state index in [4.69, 9.17) is 4.42 Å². The fourth-order valence-electron chi connectivity index (χ4n) is 1.86. The average Bonchev–Trinajstić information content (AvgIpc) is 2.98. The third-order valence-electron chi connectivity index (χ3n) is 2.99. The summed E-state index contributed by atoms with van der Waals surface area (Å²) in [4.78, 5) is 12.6. The second-order valence-corrected chi connectivity index (χ2v) is 8.10. The zero-order valence-corrected chi connectivity index (χ0v) is 13.7. The van der Waals surface area contributed by atoms with E-state index in [0.717, 1.165) is 21.5 Å². The summed E-state index contributed by atoms with van der Waals surface area (Å²) >= 11 is 3.17. The summed E-state index contributed by atoms with van der Waals surface area (Å²) in [6.07, 6.45) is 0. The lowest BCUT2D eigenvalue weighted by atomic mass is 9.92. The Balaban J connectivity index is 2.41. The molecule has 1 aliphatic rings. The Hall–Kier alpha value is -1.12. The molecule has 20 heavy (non-hydrogen) atoms. The van der Waals surface area contributed by atoms with E-state index in [1.165, 1.54) is 0 Å². The third kappa shape index (κ3) is 2.97. The molecule has 0 saturated carbocycles. The first-order chi connectivity index (χ1) is 9.34. The number of hydrogen-bond donors (Lipinski definition) is 0. The van der Waals surface area contributed by atoms with Crippen molar-refractivity contribution in [2.75, 3.05) is 11.5 Å². The van der Waals surface area contributed by atoms with Gasteiger partial charge in [0.05, 0.1) is 9.80 Å². The predicted octanol–water partition coefficient (Wildman–Crippen LogP) is 4.28. The van der Waals surface area contributed by atoms with Crippen LogP contribution in [0.2, 0.25) is 0 Å². The van der Waals surface area contributed by atoms with Crippen LogP contribution >= 0.6 is 23.5 Å². The molecule has 106 valence electrons. The number of furan rings is 1. The molecule has 0 aromatic carbocycles. The van der Waals surface area contributed by atoms with Crippen molar-refractivity contribution in [3.63, 3.8) is 0 Å². The Kier molecular flexibility index (Phi) is 4.36. The van der Waals surface area contributed by atoms with Crippen LogP contribution in [0.15, 0.2) is 20.3 Å². The molecule has 0 unspecified atom stereocenters. The molecule has 1 aromatic heterocycles. The number of hydrogen-bond acceptors (Lipinski definition) is 5. The standard InChI is InChI=1S/C15H17NO2S2/c1-9-10(7-12(18-9)15(2,3)4)13(17)11(8-16)14-19-5-6-20-14/h7H,5-6H2,1-4H3. The molecular weight excluding hydrogens is 290 g/mol. The summed E-state index contributed by atoms with van der Waals surface area (Å²) in [5.41, 5.74) is 0.606. The Labute approximate surface area is 127 Å². The molecule has 0 N–H and O–H groups in total. The minimum atomic E-state index is -0.221. The molecule has 2 rings (SSSR count). The van der Waals surface area contributed by atoms with Crippen molar-refractivity contribution in [1.29, 1.82) is 5.26 Å². The van der Waals surface area contributed by atoms with Crippen LogP contribution in [-0.4, -0.2) is 17.3 Å². The Morgan fingerprint density at radius 1 is 1.35 bits per heavy atom. The fraction of sp³-hybridized carbons (Fsp3) is 0.467. The number of carbonyl (C=O) groups excluding carboxylic acids is 1. The summed E-state index contributed by atoms with van der Waals surface area (Å²) < 4.78 is 6.53. The van der Waals surface area contributed by atoms with E-state index in [1.807, 2.05) is 20.8 Å². The van der Waals surface area contributed by atoms with Gasteiger partial charge in [-0.2, -0.15) is 5.26 Å². The van der Waals surface area contributed by atoms with Crippen LogP contribution in [0.1, 0.15) is 42.6 Å². The monoisotopic (exact) mass is 307 g/mol. The van der Waals surface area contributed by atoms with Crippen molar-refractivity contribution in [2.45, 2.75) is 33.1 Å². The van der Waals surface area contributed by atoms with Gasteiger partial charge in [-0.1, -0.05) is 20.8 Å². The van der Waals surface area contributed by atoms with Crippen molar-refractivity contribution in [1.82, 2.24) is 0 Å². The minimum Gasteiger partial charge on any atom is -0.465 e. The van der Waals surface area contributed by atoms with Crippen molar-refractivity contribution in [2.24, 2.45) is 0 Å². The first kappa shape index (κ1) is 15.3. The highest BCUT2D eigenvalue weighted by Crippen LogP contribution is 2.39. The molecule has 1 fully saturated rings. The van der Waals surface area contributed by atoms with Gasteiger partial charge in [-0.3, -0.25) is 4.79 Å². The van der Waals surface area contributed by atoms with E-state index >= 15 is 0 Å². The van der Waals surface area contributed by atoms with Gasteiger partial charge in [0, 0.05) is 16.9 Å². The second-order valence-electron chi connectivity index (χ2n) is 5.63. The molecule has 0 radical (unpaired) electrons. The number of aryl methyl sites for hydroxylation is 1. The van der Waals surface area contributed by atoms with Crippen LogP contribution in [0.4, 0.5) is 0 Å². The lowest BCUT2D eigenvalue weighted by Gasteiger charge is -2.13. The topological polar surface area (TPSA) is 54.0 Å². The van der Waals surface area contributed by atoms with Crippen LogP contribution in [-0.2, 0) is 5.41 Å². The zero-order chi connectivity index (χ0) is 14.9. The Morgan fingerprint density at radius 3 is 2.40 bits per heavy atom. The molecule has 2 heterocycles. The summed E-state index contributed by atoms with van der Waals surface area (Å²) in [5, 5.41) is 9.29. The van der Waals surface area contributed by atoms with Gasteiger partial charge in [0.1, 0.15) is 23.2 Å². The molecule has 0 spiro atoms. The van der Waals surface area contributed by atoms with Gasteiger partial charge >= 0.3 is 0 Å². The van der Waals surface area contributed by atoms with E-state index in [-0.39, 0.29) is 16.8 Å². The summed E-state index contributed by atoms with van der Waals surface area (Å²) in [7, 11) is 0. The SMILES string of the molecule is Cc1oc(C(C)(C)C)cc1C(=O)C(C#N)=C1SCCS1. The molecule has 1 aliphatic heterocycles. The molecule has 5 heteroatoms. The molecule has 0 amide bonds. The van der Waals surface area contributed by atoms with Crippen LogP contribution in [0.25, 0.3) is 0 Å². The Morgan fingerprint density at radius 2 is 1.95 bits per heavy atom. The number of nitrogens with zero attached hydrogens (tertiary/aromatic N) is 1. The van der Waals surface area contributed by atoms with E-state index < -0.39 is 0 Å². The average molecular weight is 307 g/mol. The summed E-state index contributed by atoms with van der Waals surface area (Å²) in [6, 6.07) is 3.84. The summed E-state index contributed by atoms with van der Waals surface area (Å²) in [5.74, 6) is 3.04. The maximum atomic E-state index is 12.6. The van der Waals surface area contributed by atoms with E-state index in [1.54, 1.807) is 36.5 Å². The van der Waals surface area contributed by atoms with Gasteiger partial charge in [0.2, 0.25) is 5.78 Å². The quantitative estimate of drug-likeness (QED) is 0.463. The van der Waals surface area contributed by atoms with Gasteiger partial charge in [-0.25, -0.2) is 0 Å². The molecule has 3 nitrogen and oxygen atoms in total. The van der Waals surface area contributed by atoms with Crippen molar-refractivity contribution in [3.8, 4) is 6.07 Å². The largest absolute Gasteiger partial charge is 0.465 e. The number of thioether (sulfide) groups is 2. The number of rotatable bonds is 2. The van der Waals surface area contributed by atoms with Gasteiger partial charge < -0.3 is 4.42 Å². The third-order valence-corrected chi connectivity index (χ3v) is 5.71. The summed E-state index contributed by atoms with van der Waals surface area (Å²) in [6.45, 7) is 7.88. The van der Waals surface area contributed by atoms with Crippen molar-refractivity contribution >= 4 is 29.3 Å². The van der Waals surface area contributed by atoms with Crippen molar-refractivity contribution < 1.29 is 9.21 Å². The lowest BCUT2D eigenvalue weighted by Crippen LogP contribution is -2.09. The van der Waals surface area contributed by atoms with Gasteiger partial charge in [-0.15, -0.1) is 23.5 Å². The maximum Gasteiger partial charge on any atom is 0.208 e. The number of allylic oxidation sites excluding steroid dienone is 1. The molecule has 1 aromatic rings. The molecule has 0 aliphatic carbocycles. The maximum absolute atomic E-state index is 12.6. The van der Waals surface area contributed by atoms with Gasteiger partial charge in [0.15, 0.2) is 0 Å². The van der Waals surface area contributed by atoms with Crippen LogP contribution in [0.5, 0.6) is 0 Å². The van der Waals surface area contributed by atoms with Crippen molar-refractivity contribution in [3.05, 3.63) is 33.0 Å². The Bertz CT molecular complexity index is 607. The molecule has 0 atom stereocenters. The highest BCUT2D eigenvalue weighted by Gasteiger charge is 2.27. The lowest BCUT2D eigenvalue weighted by molar-refractivity contribution is 0.103. The van der Waals surface area contributed by atoms with Gasteiger partial charge in [-0.05, 0) is 13.0 Å². The molecular formula is C15H17NO2S2. The predicted molar refractivity (Wildman–Crippen MR) is 84.0 cm³/mol. The van der Waals surface area contributed by atoms with Gasteiger partial charge in [0.25, 0.3) is 0 Å². The van der Waals surface area contributed by atoms with E-state index in [9.17, 15) is 10.1 Å². The molecule has 1 saturated heterocycles. The first-order valence-electron chi connectivity index (χ1n) is 6.40. The first-order valence-corrected chi connectivity index (χ1v) is 8.37. The molecule has 0 bridgehead atoms. The van der Waals surface area contributed by atoms with Crippen LogP contribution < -0.4 is 0 Å². The number of Topliss-reactive ketones (excluding diaryl/α,β-unsaturated/α-hetero) is 1. The second kappa shape index (κ2) is 5.71. The minimum absolute atomic E-state index is 0.153.